The van der Waals surface area contributed by atoms with Crippen LogP contribution < -0.4 is 11.1 Å². The molecular formula is C18H21FIN3. The van der Waals surface area contributed by atoms with Crippen LogP contribution in [0.15, 0.2) is 47.5 Å². The maximum absolute atomic E-state index is 13.1. The largest absolute Gasteiger partial charge is 0.370 e. The summed E-state index contributed by atoms with van der Waals surface area (Å²) in [5.74, 6) is 0.111. The van der Waals surface area contributed by atoms with E-state index in [0.717, 1.165) is 24.1 Å². The molecule has 0 unspecified atom stereocenters. The first-order valence-electron chi connectivity index (χ1n) is 7.64. The lowest BCUT2D eigenvalue weighted by Crippen LogP contribution is -2.24. The first kappa shape index (κ1) is 17.7. The number of nitrogens with two attached hydrogens (primary N) is 1. The van der Waals surface area contributed by atoms with E-state index in [0.29, 0.717) is 12.5 Å². The molecule has 0 amide bonds. The molecule has 122 valence electrons. The van der Waals surface area contributed by atoms with Crippen molar-refractivity contribution in [1.82, 2.24) is 0 Å². The van der Waals surface area contributed by atoms with Gasteiger partial charge in [0, 0.05) is 5.69 Å². The summed E-state index contributed by atoms with van der Waals surface area (Å²) >= 11 is 0. The third kappa shape index (κ3) is 4.67. The Balaban J connectivity index is 0.00000192. The summed E-state index contributed by atoms with van der Waals surface area (Å²) in [6.07, 6.45) is 4.67. The van der Waals surface area contributed by atoms with Crippen LogP contribution in [0.1, 0.15) is 29.5 Å². The fourth-order valence-electron chi connectivity index (χ4n) is 2.89. The second-order valence-corrected chi connectivity index (χ2v) is 5.61. The Morgan fingerprint density at radius 1 is 1.13 bits per heavy atom. The van der Waals surface area contributed by atoms with Gasteiger partial charge in [0.05, 0.1) is 6.54 Å². The van der Waals surface area contributed by atoms with Crippen LogP contribution in [0, 0.1) is 5.82 Å². The number of nitrogens with one attached hydrogen (secondary N) is 1. The van der Waals surface area contributed by atoms with Crippen molar-refractivity contribution >= 4 is 35.6 Å². The standard InChI is InChI=1S/C18H20FN3.HI/c19-15-8-3-5-13(11-15)12-21-18(20)22-17-10-4-7-14-6-1-2-9-16(14)17;/h3-5,7-8,10-11H,1-2,6,9,12H2,(H3,20,21,22);1H. The zero-order chi connectivity index (χ0) is 15.4. The number of fused-ring (bicyclic) bond motifs is 1. The molecule has 0 saturated carbocycles. The van der Waals surface area contributed by atoms with Crippen LogP contribution >= 0.6 is 24.0 Å². The van der Waals surface area contributed by atoms with Crippen LogP contribution in [-0.2, 0) is 19.4 Å². The van der Waals surface area contributed by atoms with Gasteiger partial charge in [0.15, 0.2) is 5.96 Å². The number of guanidine groups is 1. The Bertz CT molecular complexity index is 700. The van der Waals surface area contributed by atoms with Crippen molar-refractivity contribution in [2.75, 3.05) is 5.32 Å². The molecule has 0 saturated heterocycles. The molecule has 23 heavy (non-hydrogen) atoms. The van der Waals surface area contributed by atoms with Gasteiger partial charge in [-0.2, -0.15) is 0 Å². The summed E-state index contributed by atoms with van der Waals surface area (Å²) in [4.78, 5) is 4.30. The highest BCUT2D eigenvalue weighted by Crippen LogP contribution is 2.27. The van der Waals surface area contributed by atoms with Crippen LogP contribution in [0.5, 0.6) is 0 Å². The zero-order valence-electron chi connectivity index (χ0n) is 12.9. The number of nitrogens with zero attached hydrogens (tertiary/aromatic N) is 1. The van der Waals surface area contributed by atoms with Gasteiger partial charge in [-0.25, -0.2) is 9.38 Å². The molecule has 3 N–H and O–H groups in total. The van der Waals surface area contributed by atoms with Crippen LogP contribution in [-0.4, -0.2) is 5.96 Å². The third-order valence-corrected chi connectivity index (χ3v) is 3.98. The van der Waals surface area contributed by atoms with Gasteiger partial charge in [-0.15, -0.1) is 24.0 Å². The third-order valence-electron chi connectivity index (χ3n) is 3.98. The molecule has 2 aromatic rings. The highest BCUT2D eigenvalue weighted by molar-refractivity contribution is 14.0. The maximum atomic E-state index is 13.1. The van der Waals surface area contributed by atoms with E-state index in [1.54, 1.807) is 6.07 Å². The van der Waals surface area contributed by atoms with Crippen molar-refractivity contribution < 1.29 is 4.39 Å². The van der Waals surface area contributed by atoms with Gasteiger partial charge in [-0.1, -0.05) is 24.3 Å². The number of hydrogen-bond acceptors (Lipinski definition) is 1. The number of rotatable bonds is 3. The molecular weight excluding hydrogens is 404 g/mol. The Morgan fingerprint density at radius 2 is 1.91 bits per heavy atom. The molecule has 5 heteroatoms. The van der Waals surface area contributed by atoms with E-state index in [4.69, 9.17) is 5.73 Å². The maximum Gasteiger partial charge on any atom is 0.193 e. The van der Waals surface area contributed by atoms with E-state index in [-0.39, 0.29) is 29.8 Å². The first-order chi connectivity index (χ1) is 10.7. The van der Waals surface area contributed by atoms with Crippen molar-refractivity contribution in [2.24, 2.45) is 10.7 Å². The Hall–Kier alpha value is -1.63. The van der Waals surface area contributed by atoms with Gasteiger partial charge in [0.2, 0.25) is 0 Å². The van der Waals surface area contributed by atoms with Crippen molar-refractivity contribution in [3.05, 3.63) is 65.0 Å². The molecule has 1 aliphatic rings. The summed E-state index contributed by atoms with van der Waals surface area (Å²) in [5.41, 5.74) is 10.6. The molecule has 0 fully saturated rings. The van der Waals surface area contributed by atoms with E-state index in [1.807, 2.05) is 18.2 Å². The van der Waals surface area contributed by atoms with E-state index >= 15 is 0 Å². The number of aryl methyl sites for hydroxylation is 1. The Morgan fingerprint density at radius 3 is 2.74 bits per heavy atom. The minimum atomic E-state index is -0.253. The molecule has 1 aliphatic carbocycles. The smallest absolute Gasteiger partial charge is 0.193 e. The fraction of sp³-hybridized carbons (Fsp3) is 0.278. The van der Waals surface area contributed by atoms with Crippen molar-refractivity contribution in [2.45, 2.75) is 32.2 Å². The zero-order valence-corrected chi connectivity index (χ0v) is 15.2. The number of anilines is 1. The van der Waals surface area contributed by atoms with Gasteiger partial charge in [0.1, 0.15) is 5.82 Å². The predicted molar refractivity (Wildman–Crippen MR) is 104 cm³/mol. The molecule has 0 spiro atoms. The fourth-order valence-corrected chi connectivity index (χ4v) is 2.89. The second kappa shape index (κ2) is 8.29. The minimum absolute atomic E-state index is 0. The van der Waals surface area contributed by atoms with Gasteiger partial charge < -0.3 is 11.1 Å². The van der Waals surface area contributed by atoms with E-state index in [2.05, 4.69) is 16.4 Å². The summed E-state index contributed by atoms with van der Waals surface area (Å²) in [6.45, 7) is 0.367. The lowest BCUT2D eigenvalue weighted by Gasteiger charge is -2.19. The predicted octanol–water partition coefficient (Wildman–Crippen LogP) is 4.25. The van der Waals surface area contributed by atoms with Gasteiger partial charge in [-0.3, -0.25) is 0 Å². The molecule has 3 nitrogen and oxygen atoms in total. The summed E-state index contributed by atoms with van der Waals surface area (Å²) < 4.78 is 13.1. The Kier molecular flexibility index (Phi) is 6.38. The molecule has 0 aromatic heterocycles. The normalized spacial score (nSPS) is 13.9. The number of aliphatic imine (C=N–C) groups is 1. The Labute approximate surface area is 153 Å². The SMILES string of the molecule is I.NC(=NCc1cccc(F)c1)Nc1cccc2c1CCCC2. The minimum Gasteiger partial charge on any atom is -0.370 e. The van der Waals surface area contributed by atoms with Crippen LogP contribution in [0.25, 0.3) is 0 Å². The van der Waals surface area contributed by atoms with Gasteiger partial charge in [0.25, 0.3) is 0 Å². The molecule has 2 aromatic carbocycles. The van der Waals surface area contributed by atoms with Gasteiger partial charge >= 0.3 is 0 Å². The second-order valence-electron chi connectivity index (χ2n) is 5.61. The van der Waals surface area contributed by atoms with Crippen molar-refractivity contribution in [1.29, 1.82) is 0 Å². The molecule has 0 radical (unpaired) electrons. The molecule has 0 bridgehead atoms. The highest BCUT2D eigenvalue weighted by Gasteiger charge is 2.13. The average molecular weight is 425 g/mol. The monoisotopic (exact) mass is 425 g/mol. The molecule has 0 atom stereocenters. The summed E-state index contributed by atoms with van der Waals surface area (Å²) in [7, 11) is 0. The van der Waals surface area contributed by atoms with E-state index in [1.165, 1.54) is 36.1 Å². The van der Waals surface area contributed by atoms with Crippen LogP contribution in [0.2, 0.25) is 0 Å². The van der Waals surface area contributed by atoms with Crippen LogP contribution in [0.3, 0.4) is 0 Å². The first-order valence-corrected chi connectivity index (χ1v) is 7.64. The number of hydrogen-bond donors (Lipinski definition) is 2. The molecule has 3 rings (SSSR count). The van der Waals surface area contributed by atoms with E-state index in [9.17, 15) is 4.39 Å². The highest BCUT2D eigenvalue weighted by atomic mass is 127. The number of benzene rings is 2. The quantitative estimate of drug-likeness (QED) is 0.439. The van der Waals surface area contributed by atoms with Crippen molar-refractivity contribution in [3.8, 4) is 0 Å². The van der Waals surface area contributed by atoms with Crippen molar-refractivity contribution in [3.63, 3.8) is 0 Å². The average Bonchev–Trinajstić information content (AvgIpc) is 2.53. The molecule has 0 heterocycles. The lowest BCUT2D eigenvalue weighted by atomic mass is 9.90. The molecule has 0 aliphatic heterocycles. The lowest BCUT2D eigenvalue weighted by molar-refractivity contribution is 0.625. The number of halogens is 2. The summed E-state index contributed by atoms with van der Waals surface area (Å²) in [6, 6.07) is 12.7. The van der Waals surface area contributed by atoms with Crippen LogP contribution in [0.4, 0.5) is 10.1 Å². The van der Waals surface area contributed by atoms with Gasteiger partial charge in [-0.05, 0) is 60.6 Å². The van der Waals surface area contributed by atoms with E-state index < -0.39 is 0 Å². The summed E-state index contributed by atoms with van der Waals surface area (Å²) in [5, 5.41) is 3.19. The topological polar surface area (TPSA) is 50.4 Å².